The first-order valence-corrected chi connectivity index (χ1v) is 7.95. The van der Waals surface area contributed by atoms with Crippen molar-refractivity contribution in [2.75, 3.05) is 12.4 Å². The number of nitrogens with one attached hydrogen (secondary N) is 1. The number of carbonyl (C=O) groups is 1. The van der Waals surface area contributed by atoms with E-state index in [1.54, 1.807) is 7.11 Å². The van der Waals surface area contributed by atoms with Crippen LogP contribution in [0.25, 0.3) is 0 Å². The Morgan fingerprint density at radius 2 is 1.87 bits per heavy atom. The predicted octanol–water partition coefficient (Wildman–Crippen LogP) is 4.03. The second-order valence-corrected chi connectivity index (χ2v) is 5.91. The first-order valence-electron chi connectivity index (χ1n) is 7.95. The van der Waals surface area contributed by atoms with Crippen LogP contribution in [0.3, 0.4) is 0 Å². The predicted molar refractivity (Wildman–Crippen MR) is 91.2 cm³/mol. The lowest BCUT2D eigenvalue weighted by molar-refractivity contribution is 0.185. The number of rotatable bonds is 6. The molecular formula is C19H22N2O2. The molecule has 0 radical (unpaired) electrons. The normalized spacial score (nSPS) is 13.6. The van der Waals surface area contributed by atoms with Crippen LogP contribution >= 0.6 is 0 Å². The maximum Gasteiger partial charge on any atom is 0.322 e. The summed E-state index contributed by atoms with van der Waals surface area (Å²) in [5, 5.41) is 3.01. The summed E-state index contributed by atoms with van der Waals surface area (Å²) in [5.41, 5.74) is 3.01. The number of amides is 2. The number of anilines is 1. The van der Waals surface area contributed by atoms with Crippen LogP contribution in [0.15, 0.2) is 54.6 Å². The van der Waals surface area contributed by atoms with Crippen LogP contribution in [0.1, 0.15) is 24.0 Å². The monoisotopic (exact) mass is 310 g/mol. The molecule has 23 heavy (non-hydrogen) atoms. The van der Waals surface area contributed by atoms with Crippen LogP contribution in [-0.2, 0) is 17.9 Å². The minimum absolute atomic E-state index is 0.0362. The maximum absolute atomic E-state index is 12.7. The third kappa shape index (κ3) is 4.33. The highest BCUT2D eigenvalue weighted by atomic mass is 16.5. The molecule has 1 saturated carbocycles. The standard InChI is InChI=1S/C19H22N2O2/c1-23-14-16-8-5-9-17(12-16)20-19(22)21(18-10-11-18)13-15-6-3-2-4-7-15/h2-9,12,18H,10-11,13-14H2,1H3,(H,20,22). The molecule has 3 rings (SSSR count). The van der Waals surface area contributed by atoms with Gasteiger partial charge < -0.3 is 15.0 Å². The van der Waals surface area contributed by atoms with Gasteiger partial charge in [-0.1, -0.05) is 42.5 Å². The Labute approximate surface area is 137 Å². The second kappa shape index (κ2) is 7.29. The molecule has 1 aliphatic carbocycles. The quantitative estimate of drug-likeness (QED) is 0.875. The topological polar surface area (TPSA) is 41.6 Å². The number of urea groups is 1. The van der Waals surface area contributed by atoms with Gasteiger partial charge in [-0.25, -0.2) is 4.79 Å². The number of hydrogen-bond acceptors (Lipinski definition) is 2. The van der Waals surface area contributed by atoms with E-state index in [0.717, 1.165) is 29.7 Å². The van der Waals surface area contributed by atoms with Gasteiger partial charge in [-0.2, -0.15) is 0 Å². The van der Waals surface area contributed by atoms with Gasteiger partial charge in [0.15, 0.2) is 0 Å². The molecule has 2 amide bonds. The fraction of sp³-hybridized carbons (Fsp3) is 0.316. The molecule has 0 atom stereocenters. The van der Waals surface area contributed by atoms with E-state index in [0.29, 0.717) is 19.2 Å². The summed E-state index contributed by atoms with van der Waals surface area (Å²) >= 11 is 0. The van der Waals surface area contributed by atoms with E-state index in [4.69, 9.17) is 4.74 Å². The summed E-state index contributed by atoms with van der Waals surface area (Å²) in [6.07, 6.45) is 2.17. The van der Waals surface area contributed by atoms with E-state index in [1.807, 2.05) is 47.4 Å². The van der Waals surface area contributed by atoms with Gasteiger partial charge >= 0.3 is 6.03 Å². The lowest BCUT2D eigenvalue weighted by Gasteiger charge is -2.23. The van der Waals surface area contributed by atoms with Crippen LogP contribution in [0.5, 0.6) is 0 Å². The van der Waals surface area contributed by atoms with Crippen molar-refractivity contribution in [3.63, 3.8) is 0 Å². The summed E-state index contributed by atoms with van der Waals surface area (Å²) in [7, 11) is 1.67. The molecule has 0 saturated heterocycles. The SMILES string of the molecule is COCc1cccc(NC(=O)N(Cc2ccccc2)C2CC2)c1. The fourth-order valence-corrected chi connectivity index (χ4v) is 2.63. The van der Waals surface area contributed by atoms with Crippen molar-refractivity contribution in [1.29, 1.82) is 0 Å². The molecule has 0 heterocycles. The Bertz CT molecular complexity index is 653. The number of hydrogen-bond donors (Lipinski definition) is 1. The molecule has 4 heteroatoms. The van der Waals surface area contributed by atoms with E-state index >= 15 is 0 Å². The van der Waals surface area contributed by atoms with Gasteiger partial charge in [0.1, 0.15) is 0 Å². The molecule has 0 aliphatic heterocycles. The third-order valence-electron chi connectivity index (χ3n) is 3.93. The van der Waals surface area contributed by atoms with E-state index in [2.05, 4.69) is 17.4 Å². The van der Waals surface area contributed by atoms with Crippen LogP contribution in [0.2, 0.25) is 0 Å². The molecule has 0 aromatic heterocycles. The van der Waals surface area contributed by atoms with Gasteiger partial charge in [-0.3, -0.25) is 0 Å². The number of nitrogens with zero attached hydrogens (tertiary/aromatic N) is 1. The van der Waals surface area contributed by atoms with Crippen molar-refractivity contribution >= 4 is 11.7 Å². The van der Waals surface area contributed by atoms with Gasteiger partial charge in [0.05, 0.1) is 6.61 Å². The zero-order valence-electron chi connectivity index (χ0n) is 13.4. The van der Waals surface area contributed by atoms with Crippen LogP contribution < -0.4 is 5.32 Å². The Morgan fingerprint density at radius 3 is 2.57 bits per heavy atom. The number of carbonyl (C=O) groups excluding carboxylic acids is 1. The van der Waals surface area contributed by atoms with E-state index in [9.17, 15) is 4.79 Å². The lowest BCUT2D eigenvalue weighted by Crippen LogP contribution is -2.36. The van der Waals surface area contributed by atoms with Gasteiger partial charge in [0, 0.05) is 25.4 Å². The van der Waals surface area contributed by atoms with Crippen molar-refractivity contribution in [3.8, 4) is 0 Å². The molecule has 2 aromatic rings. The molecule has 0 bridgehead atoms. The van der Waals surface area contributed by atoms with Gasteiger partial charge in [-0.05, 0) is 36.1 Å². The van der Waals surface area contributed by atoms with Crippen molar-refractivity contribution in [2.45, 2.75) is 32.0 Å². The van der Waals surface area contributed by atoms with Crippen molar-refractivity contribution < 1.29 is 9.53 Å². The third-order valence-corrected chi connectivity index (χ3v) is 3.93. The smallest absolute Gasteiger partial charge is 0.322 e. The number of benzene rings is 2. The summed E-state index contributed by atoms with van der Waals surface area (Å²) in [6, 6.07) is 18.2. The van der Waals surface area contributed by atoms with Crippen molar-refractivity contribution in [2.24, 2.45) is 0 Å². The second-order valence-electron chi connectivity index (χ2n) is 5.91. The average molecular weight is 310 g/mol. The number of methoxy groups -OCH3 is 1. The first-order chi connectivity index (χ1) is 11.3. The van der Waals surface area contributed by atoms with Crippen LogP contribution in [0.4, 0.5) is 10.5 Å². The molecule has 1 N–H and O–H groups in total. The largest absolute Gasteiger partial charge is 0.380 e. The molecule has 120 valence electrons. The molecule has 2 aromatic carbocycles. The van der Waals surface area contributed by atoms with Gasteiger partial charge in [-0.15, -0.1) is 0 Å². The first kappa shape index (κ1) is 15.6. The molecule has 0 unspecified atom stereocenters. The number of ether oxygens (including phenoxy) is 1. The zero-order valence-corrected chi connectivity index (χ0v) is 13.4. The minimum Gasteiger partial charge on any atom is -0.380 e. The fourth-order valence-electron chi connectivity index (χ4n) is 2.63. The molecule has 1 fully saturated rings. The van der Waals surface area contributed by atoms with Crippen molar-refractivity contribution in [1.82, 2.24) is 4.90 Å². The van der Waals surface area contributed by atoms with Crippen molar-refractivity contribution in [3.05, 3.63) is 65.7 Å². The molecule has 1 aliphatic rings. The summed E-state index contributed by atoms with van der Waals surface area (Å²) in [5.74, 6) is 0. The maximum atomic E-state index is 12.7. The van der Waals surface area contributed by atoms with E-state index < -0.39 is 0 Å². The van der Waals surface area contributed by atoms with Gasteiger partial charge in [0.25, 0.3) is 0 Å². The minimum atomic E-state index is -0.0362. The highest BCUT2D eigenvalue weighted by Crippen LogP contribution is 2.29. The van der Waals surface area contributed by atoms with Crippen LogP contribution in [0, 0.1) is 0 Å². The lowest BCUT2D eigenvalue weighted by atomic mass is 10.2. The summed E-state index contributed by atoms with van der Waals surface area (Å²) < 4.78 is 5.14. The summed E-state index contributed by atoms with van der Waals surface area (Å²) in [4.78, 5) is 14.6. The Kier molecular flexibility index (Phi) is 4.93. The highest BCUT2D eigenvalue weighted by Gasteiger charge is 2.32. The Hall–Kier alpha value is -2.33. The van der Waals surface area contributed by atoms with Crippen LogP contribution in [-0.4, -0.2) is 24.1 Å². The Balaban J connectivity index is 1.68. The molecule has 4 nitrogen and oxygen atoms in total. The highest BCUT2D eigenvalue weighted by molar-refractivity contribution is 5.89. The average Bonchev–Trinajstić information content (AvgIpc) is 3.39. The van der Waals surface area contributed by atoms with Gasteiger partial charge in [0.2, 0.25) is 0 Å². The molecular weight excluding hydrogens is 288 g/mol. The zero-order chi connectivity index (χ0) is 16.1. The van der Waals surface area contributed by atoms with E-state index in [-0.39, 0.29) is 6.03 Å². The Morgan fingerprint density at radius 1 is 1.13 bits per heavy atom. The molecule has 0 spiro atoms. The summed E-state index contributed by atoms with van der Waals surface area (Å²) in [6.45, 7) is 1.19. The van der Waals surface area contributed by atoms with E-state index in [1.165, 1.54) is 0 Å².